The Morgan fingerprint density at radius 2 is 2.12 bits per heavy atom. The van der Waals surface area contributed by atoms with Gasteiger partial charge in [0.05, 0.1) is 30.5 Å². The van der Waals surface area contributed by atoms with Crippen molar-refractivity contribution in [3.05, 3.63) is 30.2 Å². The van der Waals surface area contributed by atoms with E-state index in [0.717, 1.165) is 28.5 Å². The zero-order chi connectivity index (χ0) is 17.8. The van der Waals surface area contributed by atoms with Gasteiger partial charge in [-0.3, -0.25) is 5.10 Å². The lowest BCUT2D eigenvalue weighted by Gasteiger charge is -2.15. The summed E-state index contributed by atoms with van der Waals surface area (Å²) in [6.45, 7) is 5.81. The Bertz CT molecular complexity index is 837. The monoisotopic (exact) mass is 341 g/mol. The van der Waals surface area contributed by atoms with Gasteiger partial charge >= 0.3 is 0 Å². The molecule has 0 bridgehead atoms. The Morgan fingerprint density at radius 3 is 2.80 bits per heavy atom. The molecule has 3 aromatic rings. The van der Waals surface area contributed by atoms with Crippen LogP contribution >= 0.6 is 0 Å². The predicted octanol–water partition coefficient (Wildman–Crippen LogP) is 2.14. The van der Waals surface area contributed by atoms with Crippen molar-refractivity contribution in [1.82, 2.24) is 29.9 Å². The standard InChI is InChI=1S/C17H23N7O/c1-5-25-10-9-24-17(13-7-6-8-18-16(13)23(3)4)20-15(22-24)14-11-19-21-12(14)2/h6-8,11H,5,9-10H2,1-4H3,(H,19,21). The smallest absolute Gasteiger partial charge is 0.185 e. The number of hydrogen-bond donors (Lipinski definition) is 1. The number of anilines is 1. The summed E-state index contributed by atoms with van der Waals surface area (Å²) in [6.07, 6.45) is 3.53. The maximum Gasteiger partial charge on any atom is 0.185 e. The summed E-state index contributed by atoms with van der Waals surface area (Å²) in [7, 11) is 3.93. The summed E-state index contributed by atoms with van der Waals surface area (Å²) in [5.74, 6) is 2.27. The van der Waals surface area contributed by atoms with Crippen LogP contribution in [0, 0.1) is 6.92 Å². The maximum atomic E-state index is 5.50. The van der Waals surface area contributed by atoms with Crippen LogP contribution in [-0.4, -0.2) is 57.3 Å². The highest BCUT2D eigenvalue weighted by Crippen LogP contribution is 2.29. The molecular weight excluding hydrogens is 318 g/mol. The van der Waals surface area contributed by atoms with Crippen LogP contribution in [-0.2, 0) is 11.3 Å². The lowest BCUT2D eigenvalue weighted by molar-refractivity contribution is 0.136. The lowest BCUT2D eigenvalue weighted by Crippen LogP contribution is -2.14. The molecule has 0 aliphatic heterocycles. The fourth-order valence-corrected chi connectivity index (χ4v) is 2.61. The van der Waals surface area contributed by atoms with E-state index in [4.69, 9.17) is 9.72 Å². The molecule has 8 heteroatoms. The Morgan fingerprint density at radius 1 is 1.28 bits per heavy atom. The van der Waals surface area contributed by atoms with Gasteiger partial charge in [-0.2, -0.15) is 10.2 Å². The number of aromatic nitrogens is 6. The van der Waals surface area contributed by atoms with E-state index in [1.165, 1.54) is 0 Å². The van der Waals surface area contributed by atoms with E-state index in [0.29, 0.717) is 25.6 Å². The van der Waals surface area contributed by atoms with Crippen molar-refractivity contribution in [2.24, 2.45) is 0 Å². The van der Waals surface area contributed by atoms with Crippen LogP contribution in [0.4, 0.5) is 5.82 Å². The number of aryl methyl sites for hydroxylation is 1. The van der Waals surface area contributed by atoms with Gasteiger partial charge in [-0.05, 0) is 26.0 Å². The summed E-state index contributed by atoms with van der Waals surface area (Å²) < 4.78 is 7.37. The number of rotatable bonds is 7. The van der Waals surface area contributed by atoms with Crippen LogP contribution in [0.5, 0.6) is 0 Å². The van der Waals surface area contributed by atoms with Crippen molar-refractivity contribution in [1.29, 1.82) is 0 Å². The molecule has 1 N–H and O–H groups in total. The van der Waals surface area contributed by atoms with Gasteiger partial charge in [0.25, 0.3) is 0 Å². The molecule has 0 atom stereocenters. The summed E-state index contributed by atoms with van der Waals surface area (Å²) in [5.41, 5.74) is 2.77. The van der Waals surface area contributed by atoms with E-state index in [2.05, 4.69) is 20.3 Å². The Labute approximate surface area is 146 Å². The number of nitrogens with one attached hydrogen (secondary N) is 1. The van der Waals surface area contributed by atoms with Crippen LogP contribution in [0.1, 0.15) is 12.6 Å². The minimum atomic E-state index is 0.578. The minimum Gasteiger partial charge on any atom is -0.380 e. The summed E-state index contributed by atoms with van der Waals surface area (Å²) in [6, 6.07) is 3.92. The van der Waals surface area contributed by atoms with Crippen molar-refractivity contribution in [3.63, 3.8) is 0 Å². The molecule has 0 aliphatic rings. The SMILES string of the molecule is CCOCCn1nc(-c2cn[nH]c2C)nc1-c1cccnc1N(C)C. The van der Waals surface area contributed by atoms with E-state index in [9.17, 15) is 0 Å². The van der Waals surface area contributed by atoms with Gasteiger partial charge in [0.15, 0.2) is 11.6 Å². The fourth-order valence-electron chi connectivity index (χ4n) is 2.61. The molecule has 0 aromatic carbocycles. The molecule has 25 heavy (non-hydrogen) atoms. The van der Waals surface area contributed by atoms with Gasteiger partial charge in [0, 0.05) is 32.6 Å². The molecule has 0 saturated carbocycles. The maximum absolute atomic E-state index is 5.50. The van der Waals surface area contributed by atoms with Crippen LogP contribution in [0.25, 0.3) is 22.8 Å². The summed E-state index contributed by atoms with van der Waals surface area (Å²) in [4.78, 5) is 11.2. The normalized spacial score (nSPS) is 11.0. The van der Waals surface area contributed by atoms with E-state index < -0.39 is 0 Å². The Hall–Kier alpha value is -2.74. The molecule has 8 nitrogen and oxygen atoms in total. The molecule has 0 spiro atoms. The first kappa shape index (κ1) is 17.1. The molecule has 3 heterocycles. The second kappa shape index (κ2) is 7.43. The molecule has 0 saturated heterocycles. The molecule has 3 aromatic heterocycles. The van der Waals surface area contributed by atoms with Gasteiger partial charge in [-0.15, -0.1) is 0 Å². The molecule has 132 valence electrons. The van der Waals surface area contributed by atoms with Gasteiger partial charge in [-0.1, -0.05) is 0 Å². The third-order valence-electron chi connectivity index (χ3n) is 3.85. The molecule has 0 aliphatic carbocycles. The number of aromatic amines is 1. The Balaban J connectivity index is 2.08. The third-order valence-corrected chi connectivity index (χ3v) is 3.85. The second-order valence-corrected chi connectivity index (χ2v) is 5.86. The van der Waals surface area contributed by atoms with E-state index in [-0.39, 0.29) is 0 Å². The number of hydrogen-bond acceptors (Lipinski definition) is 6. The zero-order valence-electron chi connectivity index (χ0n) is 15.0. The van der Waals surface area contributed by atoms with Crippen molar-refractivity contribution in [2.45, 2.75) is 20.4 Å². The van der Waals surface area contributed by atoms with E-state index in [1.54, 1.807) is 12.4 Å². The summed E-state index contributed by atoms with van der Waals surface area (Å²) >= 11 is 0. The first-order chi connectivity index (χ1) is 12.1. The predicted molar refractivity (Wildman–Crippen MR) is 96.4 cm³/mol. The minimum absolute atomic E-state index is 0.578. The molecule has 0 unspecified atom stereocenters. The molecule has 0 amide bonds. The molecule has 3 rings (SSSR count). The van der Waals surface area contributed by atoms with Crippen LogP contribution in [0.15, 0.2) is 24.5 Å². The quantitative estimate of drug-likeness (QED) is 0.663. The third kappa shape index (κ3) is 3.53. The van der Waals surface area contributed by atoms with E-state index in [1.807, 2.05) is 49.7 Å². The van der Waals surface area contributed by atoms with Crippen molar-refractivity contribution in [3.8, 4) is 22.8 Å². The fraction of sp³-hybridized carbons (Fsp3) is 0.412. The van der Waals surface area contributed by atoms with Crippen LogP contribution < -0.4 is 4.90 Å². The average Bonchev–Trinajstić information content (AvgIpc) is 3.21. The molecular formula is C17H23N7O. The van der Waals surface area contributed by atoms with Gasteiger partial charge in [0.1, 0.15) is 5.82 Å². The van der Waals surface area contributed by atoms with E-state index >= 15 is 0 Å². The average molecular weight is 341 g/mol. The number of pyridine rings is 1. The van der Waals surface area contributed by atoms with Crippen molar-refractivity contribution in [2.75, 3.05) is 32.2 Å². The Kier molecular flexibility index (Phi) is 5.08. The number of nitrogens with zero attached hydrogens (tertiary/aromatic N) is 6. The highest BCUT2D eigenvalue weighted by molar-refractivity contribution is 5.72. The molecule has 0 fully saturated rings. The van der Waals surface area contributed by atoms with Crippen LogP contribution in [0.3, 0.4) is 0 Å². The molecule has 0 radical (unpaired) electrons. The lowest BCUT2D eigenvalue weighted by atomic mass is 10.2. The summed E-state index contributed by atoms with van der Waals surface area (Å²) in [5, 5.41) is 11.7. The first-order valence-corrected chi connectivity index (χ1v) is 8.27. The number of H-pyrrole nitrogens is 1. The number of ether oxygens (including phenoxy) is 1. The topological polar surface area (TPSA) is 84.8 Å². The highest BCUT2D eigenvalue weighted by atomic mass is 16.5. The van der Waals surface area contributed by atoms with Crippen molar-refractivity contribution >= 4 is 5.82 Å². The largest absolute Gasteiger partial charge is 0.380 e. The second-order valence-electron chi connectivity index (χ2n) is 5.86. The highest BCUT2D eigenvalue weighted by Gasteiger charge is 2.19. The van der Waals surface area contributed by atoms with Gasteiger partial charge in [-0.25, -0.2) is 14.6 Å². The first-order valence-electron chi connectivity index (χ1n) is 8.27. The van der Waals surface area contributed by atoms with Crippen LogP contribution in [0.2, 0.25) is 0 Å². The van der Waals surface area contributed by atoms with Gasteiger partial charge in [0.2, 0.25) is 0 Å². The zero-order valence-corrected chi connectivity index (χ0v) is 15.0. The van der Waals surface area contributed by atoms with Gasteiger partial charge < -0.3 is 9.64 Å². The van der Waals surface area contributed by atoms with Crippen molar-refractivity contribution < 1.29 is 4.74 Å².